The Kier molecular flexibility index (Phi) is 8.25. The van der Waals surface area contributed by atoms with E-state index in [1.807, 2.05) is 24.3 Å². The van der Waals surface area contributed by atoms with Crippen molar-refractivity contribution in [2.75, 3.05) is 0 Å². The number of carbonyl (C=O) groups is 3. The van der Waals surface area contributed by atoms with Gasteiger partial charge in [0, 0.05) is 24.9 Å². The summed E-state index contributed by atoms with van der Waals surface area (Å²) in [6, 6.07) is 11.2. The van der Waals surface area contributed by atoms with E-state index in [0.29, 0.717) is 20.7 Å². The van der Waals surface area contributed by atoms with Crippen LogP contribution in [0, 0.1) is 0 Å². The van der Waals surface area contributed by atoms with Gasteiger partial charge in [0.1, 0.15) is 0 Å². The van der Waals surface area contributed by atoms with Crippen LogP contribution in [0.15, 0.2) is 53.7 Å². The van der Waals surface area contributed by atoms with Crippen molar-refractivity contribution in [2.45, 2.75) is 26.7 Å². The van der Waals surface area contributed by atoms with Crippen molar-refractivity contribution in [3.05, 3.63) is 70.4 Å². The lowest BCUT2D eigenvalue weighted by Crippen LogP contribution is -2.44. The molecule has 156 valence electrons. The van der Waals surface area contributed by atoms with Gasteiger partial charge >= 0.3 is 0 Å². The largest absolute Gasteiger partial charge is 0.481 e. The molecule has 9 heteroatoms. The molecule has 2 amide bonds. The number of hydrazine groups is 1. The third-order valence-corrected chi connectivity index (χ3v) is 5.15. The fraction of sp³-hybridized carbons (Fsp3) is 0.190. The zero-order valence-corrected chi connectivity index (χ0v) is 18.3. The van der Waals surface area contributed by atoms with Gasteiger partial charge in [0.2, 0.25) is 0 Å². The number of rotatable bonds is 4. The first-order valence-corrected chi connectivity index (χ1v) is 10.2. The highest BCUT2D eigenvalue weighted by molar-refractivity contribution is 8.26. The summed E-state index contributed by atoms with van der Waals surface area (Å²) in [4.78, 5) is 38.2. The van der Waals surface area contributed by atoms with Crippen molar-refractivity contribution >= 4 is 52.2 Å². The molecule has 2 N–H and O–H groups in total. The molecule has 30 heavy (non-hydrogen) atoms. The van der Waals surface area contributed by atoms with E-state index >= 15 is 0 Å². The summed E-state index contributed by atoms with van der Waals surface area (Å²) in [7, 11) is 0. The van der Waals surface area contributed by atoms with Crippen molar-refractivity contribution in [3.63, 3.8) is 0 Å². The lowest BCUT2D eigenvalue weighted by atomic mass is 10.0. The van der Waals surface area contributed by atoms with Crippen LogP contribution in [0.25, 0.3) is 6.08 Å². The van der Waals surface area contributed by atoms with Gasteiger partial charge < -0.3 is 5.11 Å². The summed E-state index contributed by atoms with van der Waals surface area (Å²) in [6.07, 6.45) is 4.81. The number of carbonyl (C=O) groups excluding carboxylic acids is 2. The van der Waals surface area contributed by atoms with Gasteiger partial charge in [0.25, 0.3) is 17.8 Å². The number of nitrogens with zero attached hydrogens (tertiary/aromatic N) is 2. The molecule has 1 aliphatic heterocycles. The molecule has 0 bridgehead atoms. The molecule has 0 aliphatic carbocycles. The van der Waals surface area contributed by atoms with E-state index in [0.717, 1.165) is 17.5 Å². The van der Waals surface area contributed by atoms with E-state index in [2.05, 4.69) is 24.3 Å². The van der Waals surface area contributed by atoms with Gasteiger partial charge in [-0.3, -0.25) is 24.8 Å². The van der Waals surface area contributed by atoms with E-state index in [4.69, 9.17) is 22.1 Å². The van der Waals surface area contributed by atoms with Crippen molar-refractivity contribution in [1.82, 2.24) is 15.4 Å². The molecule has 1 aliphatic rings. The van der Waals surface area contributed by atoms with E-state index in [1.54, 1.807) is 18.2 Å². The summed E-state index contributed by atoms with van der Waals surface area (Å²) < 4.78 is 0.294. The van der Waals surface area contributed by atoms with Crippen LogP contribution in [0.1, 0.15) is 48.2 Å². The van der Waals surface area contributed by atoms with Gasteiger partial charge in [-0.1, -0.05) is 49.9 Å². The fourth-order valence-electron chi connectivity index (χ4n) is 2.36. The minimum Gasteiger partial charge on any atom is -0.481 e. The Morgan fingerprint density at radius 1 is 1.17 bits per heavy atom. The molecule has 1 aromatic carbocycles. The molecule has 1 fully saturated rings. The molecular formula is C21H21N3O4S2. The summed E-state index contributed by atoms with van der Waals surface area (Å²) in [5.74, 6) is -1.13. The van der Waals surface area contributed by atoms with Gasteiger partial charge in [0.15, 0.2) is 4.32 Å². The number of hydrogen-bond acceptors (Lipinski definition) is 6. The summed E-state index contributed by atoms with van der Waals surface area (Å²) in [5, 5.41) is 8.52. The first-order valence-electron chi connectivity index (χ1n) is 8.97. The highest BCUT2D eigenvalue weighted by atomic mass is 32.2. The number of amides is 2. The maximum atomic E-state index is 12.6. The molecule has 0 unspecified atom stereocenters. The monoisotopic (exact) mass is 443 g/mol. The maximum absolute atomic E-state index is 12.6. The molecule has 1 aromatic heterocycles. The number of thioether (sulfide) groups is 1. The summed E-state index contributed by atoms with van der Waals surface area (Å²) in [6.45, 7) is 5.34. The van der Waals surface area contributed by atoms with Crippen LogP contribution in [0.4, 0.5) is 0 Å². The Hall–Kier alpha value is -3.04. The van der Waals surface area contributed by atoms with Crippen LogP contribution < -0.4 is 5.43 Å². The third-order valence-electron chi connectivity index (χ3n) is 3.85. The van der Waals surface area contributed by atoms with Crippen LogP contribution in [-0.2, 0) is 9.59 Å². The van der Waals surface area contributed by atoms with Crippen LogP contribution in [0.2, 0.25) is 0 Å². The zero-order chi connectivity index (χ0) is 22.3. The van der Waals surface area contributed by atoms with Gasteiger partial charge in [-0.2, -0.15) is 5.01 Å². The number of carboxylic acid groups (broad SMARTS) is 1. The molecule has 3 rings (SSSR count). The lowest BCUT2D eigenvalue weighted by Gasteiger charge is -2.15. The summed E-state index contributed by atoms with van der Waals surface area (Å²) >= 11 is 6.40. The maximum Gasteiger partial charge on any atom is 0.300 e. The highest BCUT2D eigenvalue weighted by Crippen LogP contribution is 2.31. The molecule has 0 saturated carbocycles. The smallest absolute Gasteiger partial charge is 0.300 e. The SMILES string of the molecule is CC(=O)O.CC(C)c1ccc(/C=C2\SC(=S)N(NC(=O)c3ccncc3)C2=O)cc1. The van der Waals surface area contributed by atoms with Gasteiger partial charge in [-0.15, -0.1) is 0 Å². The van der Waals surface area contributed by atoms with Gasteiger partial charge in [-0.05, 0) is 47.5 Å². The molecule has 2 heterocycles. The predicted molar refractivity (Wildman–Crippen MR) is 121 cm³/mol. The second-order valence-corrected chi connectivity index (χ2v) is 8.21. The van der Waals surface area contributed by atoms with E-state index in [9.17, 15) is 9.59 Å². The lowest BCUT2D eigenvalue weighted by molar-refractivity contribution is -0.134. The number of pyridine rings is 1. The number of aliphatic carboxylic acids is 1. The second kappa shape index (κ2) is 10.7. The van der Waals surface area contributed by atoms with Crippen molar-refractivity contribution in [3.8, 4) is 0 Å². The Morgan fingerprint density at radius 2 is 1.73 bits per heavy atom. The normalized spacial score (nSPS) is 14.5. The van der Waals surface area contributed by atoms with E-state index in [1.165, 1.54) is 29.7 Å². The number of nitrogens with one attached hydrogen (secondary N) is 1. The standard InChI is InChI=1S/C19H17N3O2S2.C2H4O2/c1-12(2)14-5-3-13(4-6-14)11-16-18(24)22(19(25)26-16)21-17(23)15-7-9-20-10-8-15;1-2(3)4/h3-12H,1-2H3,(H,21,23);1H3,(H,3,4)/b16-11-;. The molecule has 0 atom stereocenters. The van der Waals surface area contributed by atoms with Crippen molar-refractivity contribution < 1.29 is 19.5 Å². The van der Waals surface area contributed by atoms with Crippen LogP contribution in [-0.4, -0.2) is 37.2 Å². The Bertz CT molecular complexity index is 970. The average molecular weight is 444 g/mol. The van der Waals surface area contributed by atoms with E-state index < -0.39 is 11.9 Å². The molecule has 2 aromatic rings. The predicted octanol–water partition coefficient (Wildman–Crippen LogP) is 3.84. The number of hydrogen-bond donors (Lipinski definition) is 2. The highest BCUT2D eigenvalue weighted by Gasteiger charge is 2.33. The van der Waals surface area contributed by atoms with Gasteiger partial charge in [0.05, 0.1) is 4.91 Å². The minimum absolute atomic E-state index is 0.294. The van der Waals surface area contributed by atoms with E-state index in [-0.39, 0.29) is 5.91 Å². The number of benzene rings is 1. The van der Waals surface area contributed by atoms with Crippen LogP contribution >= 0.6 is 24.0 Å². The minimum atomic E-state index is -0.833. The van der Waals surface area contributed by atoms with Crippen LogP contribution in [0.3, 0.4) is 0 Å². The average Bonchev–Trinajstić information content (AvgIpc) is 2.96. The molecule has 0 radical (unpaired) electrons. The topological polar surface area (TPSA) is 99.6 Å². The molecule has 1 saturated heterocycles. The molecular weight excluding hydrogens is 422 g/mol. The fourth-order valence-corrected chi connectivity index (χ4v) is 3.54. The Balaban J connectivity index is 0.000000735. The third kappa shape index (κ3) is 6.50. The Labute approximate surface area is 184 Å². The molecule has 0 spiro atoms. The van der Waals surface area contributed by atoms with Crippen molar-refractivity contribution in [2.24, 2.45) is 0 Å². The number of aromatic nitrogens is 1. The van der Waals surface area contributed by atoms with Gasteiger partial charge in [-0.25, -0.2) is 0 Å². The second-order valence-electron chi connectivity index (χ2n) is 6.53. The Morgan fingerprint density at radius 3 is 2.27 bits per heavy atom. The number of thiocarbonyl (C=S) groups is 1. The zero-order valence-electron chi connectivity index (χ0n) is 16.7. The summed E-state index contributed by atoms with van der Waals surface area (Å²) in [5.41, 5.74) is 5.10. The first-order chi connectivity index (χ1) is 14.2. The molecule has 7 nitrogen and oxygen atoms in total. The number of carboxylic acids is 1. The quantitative estimate of drug-likeness (QED) is 0.547. The van der Waals surface area contributed by atoms with Crippen LogP contribution in [0.5, 0.6) is 0 Å². The van der Waals surface area contributed by atoms with Crippen molar-refractivity contribution in [1.29, 1.82) is 0 Å². The first kappa shape index (κ1) is 23.2.